The highest BCUT2D eigenvalue weighted by Crippen LogP contribution is 2.19. The molecule has 0 fully saturated rings. The van der Waals surface area contributed by atoms with Crippen molar-refractivity contribution in [3.05, 3.63) is 65.1 Å². The van der Waals surface area contributed by atoms with Crippen molar-refractivity contribution in [2.45, 2.75) is 34.1 Å². The lowest BCUT2D eigenvalue weighted by atomic mass is 10.1. The lowest BCUT2D eigenvalue weighted by molar-refractivity contribution is -0.116. The topological polar surface area (TPSA) is 69.0 Å². The van der Waals surface area contributed by atoms with Crippen molar-refractivity contribution in [1.82, 2.24) is 14.8 Å². The summed E-state index contributed by atoms with van der Waals surface area (Å²) in [6, 6.07) is 11.6. The van der Waals surface area contributed by atoms with Crippen LogP contribution >= 0.6 is 0 Å². The zero-order chi connectivity index (χ0) is 19.4. The average molecular weight is 364 g/mol. The number of ether oxygens (including phenoxy) is 1. The third-order valence-electron chi connectivity index (χ3n) is 4.18. The van der Waals surface area contributed by atoms with Gasteiger partial charge in [-0.15, -0.1) is 0 Å². The van der Waals surface area contributed by atoms with Crippen LogP contribution in [-0.2, 0) is 4.79 Å². The fourth-order valence-electron chi connectivity index (χ4n) is 2.88. The first-order valence-corrected chi connectivity index (χ1v) is 8.92. The molecule has 0 atom stereocenters. The number of amides is 1. The number of carbonyl (C=O) groups excluding carboxylic acids is 1. The first-order chi connectivity index (χ1) is 12.9. The number of pyridine rings is 1. The molecule has 140 valence electrons. The predicted molar refractivity (Wildman–Crippen MR) is 105 cm³/mol. The molecule has 0 saturated heterocycles. The fourth-order valence-corrected chi connectivity index (χ4v) is 2.88. The molecule has 3 aromatic rings. The minimum absolute atomic E-state index is 0.111. The standard InChI is InChI=1S/C21H24N4O2/c1-14-5-7-19(15(2)11-14)27-10-9-21(26)23-18-6-8-20(22-13-18)25-17(4)12-16(3)24-25/h5-8,11-13H,9-10H2,1-4H3,(H,23,26). The van der Waals surface area contributed by atoms with Gasteiger partial charge in [-0.05, 0) is 57.5 Å². The highest BCUT2D eigenvalue weighted by atomic mass is 16.5. The van der Waals surface area contributed by atoms with Crippen LogP contribution in [-0.4, -0.2) is 27.3 Å². The van der Waals surface area contributed by atoms with E-state index in [1.807, 2.05) is 58.0 Å². The molecule has 1 aromatic carbocycles. The Balaban J connectivity index is 1.52. The number of hydrogen-bond acceptors (Lipinski definition) is 4. The number of carbonyl (C=O) groups is 1. The second-order valence-corrected chi connectivity index (χ2v) is 6.66. The zero-order valence-electron chi connectivity index (χ0n) is 16.1. The Morgan fingerprint density at radius 1 is 1.11 bits per heavy atom. The summed E-state index contributed by atoms with van der Waals surface area (Å²) in [5.74, 6) is 1.42. The summed E-state index contributed by atoms with van der Waals surface area (Å²) >= 11 is 0. The van der Waals surface area contributed by atoms with E-state index in [-0.39, 0.29) is 12.3 Å². The molecule has 6 heteroatoms. The Hall–Kier alpha value is -3.15. The van der Waals surface area contributed by atoms with Crippen molar-refractivity contribution in [1.29, 1.82) is 0 Å². The normalized spacial score (nSPS) is 10.7. The number of aromatic nitrogens is 3. The maximum Gasteiger partial charge on any atom is 0.227 e. The van der Waals surface area contributed by atoms with Gasteiger partial charge in [0.2, 0.25) is 5.91 Å². The highest BCUT2D eigenvalue weighted by Gasteiger charge is 2.07. The molecule has 0 unspecified atom stereocenters. The number of nitrogens with zero attached hydrogens (tertiary/aromatic N) is 3. The van der Waals surface area contributed by atoms with Gasteiger partial charge >= 0.3 is 0 Å². The zero-order valence-corrected chi connectivity index (χ0v) is 16.1. The Morgan fingerprint density at radius 2 is 1.93 bits per heavy atom. The molecular formula is C21H24N4O2. The Morgan fingerprint density at radius 3 is 2.56 bits per heavy atom. The molecule has 27 heavy (non-hydrogen) atoms. The third kappa shape index (κ3) is 4.73. The molecule has 2 aromatic heterocycles. The molecule has 0 aliphatic carbocycles. The number of benzene rings is 1. The average Bonchev–Trinajstić information content (AvgIpc) is 2.96. The van der Waals surface area contributed by atoms with Gasteiger partial charge in [0.1, 0.15) is 5.75 Å². The van der Waals surface area contributed by atoms with Crippen molar-refractivity contribution in [2.75, 3.05) is 11.9 Å². The van der Waals surface area contributed by atoms with Crippen LogP contribution in [0.3, 0.4) is 0 Å². The van der Waals surface area contributed by atoms with E-state index < -0.39 is 0 Å². The summed E-state index contributed by atoms with van der Waals surface area (Å²) in [5, 5.41) is 7.24. The van der Waals surface area contributed by atoms with Crippen LogP contribution in [0.2, 0.25) is 0 Å². The third-order valence-corrected chi connectivity index (χ3v) is 4.18. The van der Waals surface area contributed by atoms with Gasteiger partial charge in [0.25, 0.3) is 0 Å². The fraction of sp³-hybridized carbons (Fsp3) is 0.286. The molecule has 0 aliphatic rings. The van der Waals surface area contributed by atoms with E-state index in [0.29, 0.717) is 12.3 Å². The van der Waals surface area contributed by atoms with Crippen LogP contribution < -0.4 is 10.1 Å². The lowest BCUT2D eigenvalue weighted by Gasteiger charge is -2.10. The van der Waals surface area contributed by atoms with Crippen LogP contribution in [0.1, 0.15) is 28.9 Å². The number of rotatable bonds is 6. The molecular weight excluding hydrogens is 340 g/mol. The van der Waals surface area contributed by atoms with Gasteiger partial charge in [0, 0.05) is 5.69 Å². The predicted octanol–water partition coefficient (Wildman–Crippen LogP) is 3.91. The van der Waals surface area contributed by atoms with Crippen molar-refractivity contribution < 1.29 is 9.53 Å². The number of nitrogens with one attached hydrogen (secondary N) is 1. The van der Waals surface area contributed by atoms with Crippen molar-refractivity contribution in [3.63, 3.8) is 0 Å². The van der Waals surface area contributed by atoms with Crippen molar-refractivity contribution in [3.8, 4) is 11.6 Å². The van der Waals surface area contributed by atoms with Crippen LogP contribution in [0.25, 0.3) is 5.82 Å². The maximum absolute atomic E-state index is 12.1. The summed E-state index contributed by atoms with van der Waals surface area (Å²) in [7, 11) is 0. The molecule has 0 bridgehead atoms. The Bertz CT molecular complexity index is 945. The lowest BCUT2D eigenvalue weighted by Crippen LogP contribution is -2.15. The Labute approximate surface area is 159 Å². The van der Waals surface area contributed by atoms with E-state index in [9.17, 15) is 4.79 Å². The van der Waals surface area contributed by atoms with Gasteiger partial charge in [-0.1, -0.05) is 17.7 Å². The minimum atomic E-state index is -0.111. The van der Waals surface area contributed by atoms with Crippen LogP contribution in [0.5, 0.6) is 5.75 Å². The summed E-state index contributed by atoms with van der Waals surface area (Å²) in [6.45, 7) is 8.29. The molecule has 0 radical (unpaired) electrons. The maximum atomic E-state index is 12.1. The Kier molecular flexibility index (Phi) is 5.54. The monoisotopic (exact) mass is 364 g/mol. The first-order valence-electron chi connectivity index (χ1n) is 8.92. The van der Waals surface area contributed by atoms with Gasteiger partial charge in [0.15, 0.2) is 5.82 Å². The smallest absolute Gasteiger partial charge is 0.227 e. The summed E-state index contributed by atoms with van der Waals surface area (Å²) in [4.78, 5) is 16.5. The summed E-state index contributed by atoms with van der Waals surface area (Å²) < 4.78 is 7.48. The second-order valence-electron chi connectivity index (χ2n) is 6.66. The quantitative estimate of drug-likeness (QED) is 0.720. The van der Waals surface area contributed by atoms with E-state index >= 15 is 0 Å². The van der Waals surface area contributed by atoms with Crippen LogP contribution in [0.15, 0.2) is 42.6 Å². The number of aryl methyl sites for hydroxylation is 4. The molecule has 3 rings (SSSR count). The summed E-state index contributed by atoms with van der Waals surface area (Å²) in [6.07, 6.45) is 1.90. The van der Waals surface area contributed by atoms with Crippen molar-refractivity contribution in [2.24, 2.45) is 0 Å². The molecule has 2 heterocycles. The van der Waals surface area contributed by atoms with Crippen LogP contribution in [0, 0.1) is 27.7 Å². The summed E-state index contributed by atoms with van der Waals surface area (Å²) in [5.41, 5.74) is 4.86. The molecule has 1 N–H and O–H groups in total. The van der Waals surface area contributed by atoms with Gasteiger partial charge in [0.05, 0.1) is 30.6 Å². The van der Waals surface area contributed by atoms with E-state index in [2.05, 4.69) is 21.5 Å². The second kappa shape index (κ2) is 8.03. The molecule has 0 spiro atoms. The molecule has 6 nitrogen and oxygen atoms in total. The van der Waals surface area contributed by atoms with E-state index in [1.54, 1.807) is 10.9 Å². The van der Waals surface area contributed by atoms with E-state index in [4.69, 9.17) is 4.74 Å². The molecule has 0 saturated carbocycles. The van der Waals surface area contributed by atoms with Gasteiger partial charge < -0.3 is 10.1 Å². The SMILES string of the molecule is Cc1ccc(OCCC(=O)Nc2ccc(-n3nc(C)cc3C)nc2)c(C)c1. The molecule has 1 amide bonds. The van der Waals surface area contributed by atoms with Gasteiger partial charge in [-0.3, -0.25) is 4.79 Å². The number of hydrogen-bond donors (Lipinski definition) is 1. The first kappa shape index (κ1) is 18.6. The van der Waals surface area contributed by atoms with E-state index in [0.717, 1.165) is 28.5 Å². The highest BCUT2D eigenvalue weighted by molar-refractivity contribution is 5.90. The molecule has 0 aliphatic heterocycles. The number of anilines is 1. The van der Waals surface area contributed by atoms with Gasteiger partial charge in [-0.25, -0.2) is 9.67 Å². The van der Waals surface area contributed by atoms with Crippen molar-refractivity contribution >= 4 is 11.6 Å². The van der Waals surface area contributed by atoms with Gasteiger partial charge in [-0.2, -0.15) is 5.10 Å². The largest absolute Gasteiger partial charge is 0.493 e. The van der Waals surface area contributed by atoms with E-state index in [1.165, 1.54) is 5.56 Å². The minimum Gasteiger partial charge on any atom is -0.493 e. The van der Waals surface area contributed by atoms with Crippen LogP contribution in [0.4, 0.5) is 5.69 Å².